The zero-order chi connectivity index (χ0) is 6.41. The molecule has 0 aromatic heterocycles. The van der Waals surface area contributed by atoms with Gasteiger partial charge in [-0.1, -0.05) is 0 Å². The van der Waals surface area contributed by atoms with Crippen molar-refractivity contribution in [3.63, 3.8) is 0 Å². The normalized spacial score (nSPS) is 7.62. The van der Waals surface area contributed by atoms with Crippen molar-refractivity contribution in [2.75, 3.05) is 6.61 Å². The number of nitrogens with one attached hydrogen (secondary N) is 1. The van der Waals surface area contributed by atoms with Gasteiger partial charge in [0.25, 0.3) is 0 Å². The summed E-state index contributed by atoms with van der Waals surface area (Å²) in [5, 5.41) is 0. The highest BCUT2D eigenvalue weighted by Crippen LogP contribution is 1.68. The smallest absolute Gasteiger partial charge is 0.421 e. The third-order valence-electron chi connectivity index (χ3n) is 0.400. The van der Waals surface area contributed by atoms with Crippen LogP contribution in [0, 0.1) is 0 Å². The van der Waals surface area contributed by atoms with Crippen molar-refractivity contribution in [3.05, 3.63) is 0 Å². The van der Waals surface area contributed by atoms with Crippen LogP contribution in [0.25, 0.3) is 0 Å². The third kappa shape index (κ3) is 3.10. The first kappa shape index (κ1) is 6.90. The van der Waals surface area contributed by atoms with Crippen LogP contribution in [-0.2, 0) is 9.53 Å². The molecule has 0 heterocycles. The molecule has 0 unspecified atom stereocenters. The van der Waals surface area contributed by atoms with E-state index in [1.165, 1.54) is 0 Å². The van der Waals surface area contributed by atoms with E-state index in [-0.39, 0.29) is 6.61 Å². The van der Waals surface area contributed by atoms with E-state index in [1.54, 1.807) is 5.43 Å². The first-order valence-electron chi connectivity index (χ1n) is 1.88. The molecule has 3 N–H and O–H groups in total. The maximum atomic E-state index is 9.95. The topological polar surface area (TPSA) is 81.4 Å². The summed E-state index contributed by atoms with van der Waals surface area (Å²) in [7, 11) is 0. The minimum absolute atomic E-state index is 0.261. The van der Waals surface area contributed by atoms with Gasteiger partial charge in [-0.15, -0.1) is 0 Å². The number of aldehydes is 1. The van der Waals surface area contributed by atoms with Crippen LogP contribution < -0.4 is 11.3 Å². The largest absolute Gasteiger partial charge is 0.441 e. The lowest BCUT2D eigenvalue weighted by molar-refractivity contribution is -0.110. The minimum Gasteiger partial charge on any atom is -0.441 e. The van der Waals surface area contributed by atoms with Crippen LogP contribution in [0.15, 0.2) is 0 Å². The van der Waals surface area contributed by atoms with Gasteiger partial charge in [0.2, 0.25) is 0 Å². The van der Waals surface area contributed by atoms with Gasteiger partial charge in [-0.25, -0.2) is 10.6 Å². The van der Waals surface area contributed by atoms with Crippen molar-refractivity contribution in [1.29, 1.82) is 0 Å². The molecule has 0 aromatic rings. The van der Waals surface area contributed by atoms with E-state index in [9.17, 15) is 9.59 Å². The first-order chi connectivity index (χ1) is 3.81. The molecule has 5 heteroatoms. The molecule has 0 rings (SSSR count). The average Bonchev–Trinajstić information content (AvgIpc) is 1.83. The predicted octanol–water partition coefficient (Wildman–Crippen LogP) is -1.21. The van der Waals surface area contributed by atoms with Crippen LogP contribution in [-0.4, -0.2) is 19.0 Å². The Morgan fingerprint density at radius 2 is 2.50 bits per heavy atom. The van der Waals surface area contributed by atoms with Crippen LogP contribution >= 0.6 is 0 Å². The second-order valence-electron chi connectivity index (χ2n) is 0.909. The van der Waals surface area contributed by atoms with E-state index < -0.39 is 6.09 Å². The summed E-state index contributed by atoms with van der Waals surface area (Å²) >= 11 is 0. The number of nitrogens with two attached hydrogens (primary N) is 1. The van der Waals surface area contributed by atoms with Crippen LogP contribution in [0.1, 0.15) is 0 Å². The first-order valence-corrected chi connectivity index (χ1v) is 1.88. The molecule has 0 saturated carbocycles. The molecule has 0 aliphatic carbocycles. The summed E-state index contributed by atoms with van der Waals surface area (Å²) in [5.41, 5.74) is 1.68. The van der Waals surface area contributed by atoms with Gasteiger partial charge in [0.1, 0.15) is 6.61 Å². The fraction of sp³-hybridized carbons (Fsp3) is 0.333. The molecule has 1 amide bonds. The molecule has 0 aliphatic rings. The van der Waals surface area contributed by atoms with Crippen LogP contribution in [0.4, 0.5) is 4.79 Å². The van der Waals surface area contributed by atoms with Crippen molar-refractivity contribution in [2.24, 2.45) is 5.84 Å². The molecule has 5 nitrogen and oxygen atoms in total. The lowest BCUT2D eigenvalue weighted by atomic mass is 10.8. The second-order valence-corrected chi connectivity index (χ2v) is 0.909. The highest BCUT2D eigenvalue weighted by atomic mass is 16.6. The van der Waals surface area contributed by atoms with E-state index in [2.05, 4.69) is 10.6 Å². The van der Waals surface area contributed by atoms with Crippen LogP contribution in [0.5, 0.6) is 0 Å². The molecule has 0 aliphatic heterocycles. The van der Waals surface area contributed by atoms with Crippen LogP contribution in [0.2, 0.25) is 0 Å². The second kappa shape index (κ2) is 4.07. The summed E-state index contributed by atoms with van der Waals surface area (Å²) in [6, 6.07) is 0. The number of carbonyl (C=O) groups excluding carboxylic acids is 2. The Bertz CT molecular complexity index is 92.5. The quantitative estimate of drug-likeness (QED) is 0.206. The Labute approximate surface area is 45.8 Å². The SMILES string of the molecule is NNC(=O)OCC=O. The number of hydrazine groups is 1. The summed E-state index contributed by atoms with van der Waals surface area (Å²) in [6.45, 7) is -0.261. The molecule has 0 bridgehead atoms. The molecule has 0 spiro atoms. The average molecular weight is 118 g/mol. The van der Waals surface area contributed by atoms with Gasteiger partial charge < -0.3 is 4.74 Å². The van der Waals surface area contributed by atoms with Gasteiger partial charge in [-0.05, 0) is 0 Å². The maximum Gasteiger partial charge on any atom is 0.421 e. The number of rotatable bonds is 2. The third-order valence-corrected chi connectivity index (χ3v) is 0.400. The molecular formula is C3H6N2O3. The van der Waals surface area contributed by atoms with Gasteiger partial charge in [-0.2, -0.15) is 0 Å². The zero-order valence-electron chi connectivity index (χ0n) is 4.09. The van der Waals surface area contributed by atoms with E-state index in [0.717, 1.165) is 0 Å². The number of hydrogen-bond acceptors (Lipinski definition) is 4. The van der Waals surface area contributed by atoms with Gasteiger partial charge in [0.15, 0.2) is 6.29 Å². The standard InChI is InChI=1S/C3H6N2O3/c4-5-3(7)8-2-1-6/h1H,2,4H2,(H,5,7). The Morgan fingerprint density at radius 3 is 2.88 bits per heavy atom. The van der Waals surface area contributed by atoms with Crippen LogP contribution in [0.3, 0.4) is 0 Å². The fourth-order valence-electron chi connectivity index (χ4n) is 0.151. The highest BCUT2D eigenvalue weighted by molar-refractivity contribution is 5.68. The molecule has 46 valence electrons. The van der Waals surface area contributed by atoms with Crippen molar-refractivity contribution in [1.82, 2.24) is 5.43 Å². The van der Waals surface area contributed by atoms with E-state index in [1.807, 2.05) is 0 Å². The molecule has 0 saturated heterocycles. The Balaban J connectivity index is 3.11. The molecule has 0 radical (unpaired) electrons. The van der Waals surface area contributed by atoms with E-state index in [0.29, 0.717) is 6.29 Å². The summed E-state index contributed by atoms with van der Waals surface area (Å²) in [6.07, 6.45) is -0.355. The van der Waals surface area contributed by atoms with Gasteiger partial charge in [0, 0.05) is 0 Å². The Hall–Kier alpha value is -1.10. The zero-order valence-corrected chi connectivity index (χ0v) is 4.09. The summed E-state index contributed by atoms with van der Waals surface area (Å²) < 4.78 is 4.10. The Morgan fingerprint density at radius 1 is 1.88 bits per heavy atom. The number of hydrogen-bond donors (Lipinski definition) is 2. The number of ether oxygens (including phenoxy) is 1. The predicted molar refractivity (Wildman–Crippen MR) is 24.7 cm³/mol. The van der Waals surface area contributed by atoms with Crippen molar-refractivity contribution in [2.45, 2.75) is 0 Å². The van der Waals surface area contributed by atoms with Crippen molar-refractivity contribution < 1.29 is 14.3 Å². The molecular weight excluding hydrogens is 112 g/mol. The summed E-state index contributed by atoms with van der Waals surface area (Å²) in [4.78, 5) is 19.4. The van der Waals surface area contributed by atoms with Gasteiger partial charge in [0.05, 0.1) is 0 Å². The minimum atomic E-state index is -0.808. The number of carbonyl (C=O) groups is 2. The van der Waals surface area contributed by atoms with Gasteiger partial charge in [-0.3, -0.25) is 10.2 Å². The molecule has 8 heavy (non-hydrogen) atoms. The van der Waals surface area contributed by atoms with Gasteiger partial charge >= 0.3 is 6.09 Å². The Kier molecular flexibility index (Phi) is 3.51. The molecule has 0 atom stereocenters. The van der Waals surface area contributed by atoms with Crippen molar-refractivity contribution >= 4 is 12.4 Å². The molecule has 0 fully saturated rings. The number of amides is 1. The summed E-state index contributed by atoms with van der Waals surface area (Å²) in [5.74, 6) is 4.57. The van der Waals surface area contributed by atoms with E-state index >= 15 is 0 Å². The monoisotopic (exact) mass is 118 g/mol. The molecule has 0 aromatic carbocycles. The fourth-order valence-corrected chi connectivity index (χ4v) is 0.151. The van der Waals surface area contributed by atoms with E-state index in [4.69, 9.17) is 0 Å². The van der Waals surface area contributed by atoms with Crippen molar-refractivity contribution in [3.8, 4) is 0 Å². The highest BCUT2D eigenvalue weighted by Gasteiger charge is 1.92. The lowest BCUT2D eigenvalue weighted by Crippen LogP contribution is -2.31. The lowest BCUT2D eigenvalue weighted by Gasteiger charge is -1.95. The maximum absolute atomic E-state index is 9.95.